The number of likely N-dealkylation sites (N-methyl/N-ethyl adjacent to an activating group) is 1. The Morgan fingerprint density at radius 3 is 1.92 bits per heavy atom. The second-order valence-electron chi connectivity index (χ2n) is 9.30. The number of hydrogen-bond donors (Lipinski definition) is 0. The molecule has 4 rings (SSSR count). The van der Waals surface area contributed by atoms with Crippen LogP contribution in [0, 0.1) is 0 Å². The number of ether oxygens (including phenoxy) is 2. The molecule has 0 aromatic heterocycles. The predicted molar refractivity (Wildman–Crippen MR) is 144 cm³/mol. The molecule has 10 nitrogen and oxygen atoms in total. The number of carbonyl (C=O) groups excluding carboxylic acids is 2. The predicted octanol–water partition coefficient (Wildman–Crippen LogP) is 1.97. The van der Waals surface area contributed by atoms with Gasteiger partial charge in [0.05, 0.1) is 18.8 Å². The van der Waals surface area contributed by atoms with Gasteiger partial charge in [0.1, 0.15) is 0 Å². The number of benzene rings is 2. The lowest BCUT2D eigenvalue weighted by molar-refractivity contribution is 0.0689. The number of carbonyl (C=O) groups is 2. The summed E-state index contributed by atoms with van der Waals surface area (Å²) in [5.41, 5.74) is 0.969. The van der Waals surface area contributed by atoms with Crippen LogP contribution >= 0.6 is 0 Å². The van der Waals surface area contributed by atoms with Crippen LogP contribution in [0.4, 0.5) is 0 Å². The maximum absolute atomic E-state index is 13.5. The Balaban J connectivity index is 1.48. The lowest BCUT2D eigenvalue weighted by atomic mass is 9.97. The highest BCUT2D eigenvalue weighted by Gasteiger charge is 2.35. The fraction of sp³-hybridized carbons (Fsp3) is 0.481. The van der Waals surface area contributed by atoms with Crippen LogP contribution in [-0.4, -0.2) is 111 Å². The number of hydrogen-bond acceptors (Lipinski definition) is 7. The quantitative estimate of drug-likeness (QED) is 0.445. The van der Waals surface area contributed by atoms with E-state index in [1.165, 1.54) is 8.61 Å². The zero-order chi connectivity index (χ0) is 27.3. The largest absolute Gasteiger partial charge is 0.490 e. The van der Waals surface area contributed by atoms with Gasteiger partial charge < -0.3 is 19.3 Å². The molecule has 0 unspecified atom stereocenters. The topological polar surface area (TPSA) is 99.7 Å². The van der Waals surface area contributed by atoms with E-state index >= 15 is 0 Å². The van der Waals surface area contributed by atoms with E-state index in [0.717, 1.165) is 0 Å². The van der Waals surface area contributed by atoms with E-state index in [4.69, 9.17) is 9.47 Å². The van der Waals surface area contributed by atoms with Gasteiger partial charge in [-0.25, -0.2) is 0 Å². The van der Waals surface area contributed by atoms with Crippen LogP contribution in [0.2, 0.25) is 0 Å². The third-order valence-corrected chi connectivity index (χ3v) is 8.88. The molecule has 2 saturated heterocycles. The summed E-state index contributed by atoms with van der Waals surface area (Å²) in [5, 5.41) is 0. The molecular formula is C27H36N4O6S. The molecule has 2 aliphatic heterocycles. The van der Waals surface area contributed by atoms with Crippen molar-refractivity contribution in [2.45, 2.75) is 13.8 Å². The first-order chi connectivity index (χ1) is 18.3. The van der Waals surface area contributed by atoms with Crippen molar-refractivity contribution in [3.05, 3.63) is 59.2 Å². The monoisotopic (exact) mass is 544 g/mol. The fourth-order valence-corrected chi connectivity index (χ4v) is 6.27. The summed E-state index contributed by atoms with van der Waals surface area (Å²) in [5.74, 6) is 0.442. The van der Waals surface area contributed by atoms with E-state index in [1.54, 1.807) is 47.4 Å². The second kappa shape index (κ2) is 12.2. The average Bonchev–Trinajstić information content (AvgIpc) is 2.94. The van der Waals surface area contributed by atoms with E-state index in [9.17, 15) is 18.0 Å². The first-order valence-corrected chi connectivity index (χ1v) is 14.4. The van der Waals surface area contributed by atoms with Crippen LogP contribution in [0.15, 0.2) is 42.5 Å². The Morgan fingerprint density at radius 1 is 0.763 bits per heavy atom. The standard InChI is InChI=1S/C27H36N4O6S/c1-4-36-24-11-10-21(20-25(24)37-5-2)26(32)22-8-6-7-9-23(22)27(33)29-14-18-31(19-15-29)38(34,35)30-16-12-28(3)13-17-30/h6-11,20H,4-5,12-19H2,1-3H3. The van der Waals surface area contributed by atoms with E-state index in [1.807, 2.05) is 20.9 Å². The lowest BCUT2D eigenvalue weighted by Crippen LogP contribution is -2.57. The van der Waals surface area contributed by atoms with E-state index in [2.05, 4.69) is 4.90 Å². The van der Waals surface area contributed by atoms with Gasteiger partial charge in [-0.2, -0.15) is 17.0 Å². The Morgan fingerprint density at radius 2 is 1.32 bits per heavy atom. The molecule has 0 bridgehead atoms. The molecule has 0 atom stereocenters. The molecular weight excluding hydrogens is 508 g/mol. The smallest absolute Gasteiger partial charge is 0.282 e. The molecule has 206 valence electrons. The van der Waals surface area contributed by atoms with Crippen molar-refractivity contribution >= 4 is 21.9 Å². The highest BCUT2D eigenvalue weighted by molar-refractivity contribution is 7.86. The molecule has 0 saturated carbocycles. The van der Waals surface area contributed by atoms with Crippen molar-refractivity contribution < 1.29 is 27.5 Å². The summed E-state index contributed by atoms with van der Waals surface area (Å²) in [4.78, 5) is 30.7. The molecule has 38 heavy (non-hydrogen) atoms. The van der Waals surface area contributed by atoms with Crippen molar-refractivity contribution in [1.29, 1.82) is 0 Å². The molecule has 2 aromatic carbocycles. The Hall–Kier alpha value is -2.99. The second-order valence-corrected chi connectivity index (χ2v) is 11.2. The van der Waals surface area contributed by atoms with Gasteiger partial charge in [0.25, 0.3) is 16.1 Å². The highest BCUT2D eigenvalue weighted by atomic mass is 32.2. The summed E-state index contributed by atoms with van der Waals surface area (Å²) in [6.45, 7) is 7.88. The van der Waals surface area contributed by atoms with Crippen molar-refractivity contribution in [3.63, 3.8) is 0 Å². The van der Waals surface area contributed by atoms with Gasteiger partial charge >= 0.3 is 0 Å². The van der Waals surface area contributed by atoms with E-state index in [0.29, 0.717) is 62.0 Å². The summed E-state index contributed by atoms with van der Waals surface area (Å²) >= 11 is 0. The average molecular weight is 545 g/mol. The van der Waals surface area contributed by atoms with Crippen LogP contribution < -0.4 is 9.47 Å². The minimum Gasteiger partial charge on any atom is -0.490 e. The molecule has 2 aliphatic rings. The highest BCUT2D eigenvalue weighted by Crippen LogP contribution is 2.30. The van der Waals surface area contributed by atoms with Crippen molar-refractivity contribution in [1.82, 2.24) is 18.4 Å². The molecule has 11 heteroatoms. The summed E-state index contributed by atoms with van der Waals surface area (Å²) in [6, 6.07) is 11.7. The Labute approximate surface area is 224 Å². The first kappa shape index (κ1) is 28.0. The van der Waals surface area contributed by atoms with Crippen LogP contribution in [0.5, 0.6) is 11.5 Å². The van der Waals surface area contributed by atoms with Crippen molar-refractivity contribution in [2.24, 2.45) is 0 Å². The zero-order valence-electron chi connectivity index (χ0n) is 22.3. The van der Waals surface area contributed by atoms with E-state index < -0.39 is 10.2 Å². The molecule has 0 aliphatic carbocycles. The van der Waals surface area contributed by atoms with Crippen LogP contribution in [0.1, 0.15) is 40.1 Å². The maximum atomic E-state index is 13.5. The number of piperazine rings is 2. The number of ketones is 1. The molecule has 2 fully saturated rings. The fourth-order valence-electron chi connectivity index (χ4n) is 4.69. The Bertz CT molecular complexity index is 1250. The third-order valence-electron chi connectivity index (χ3n) is 6.85. The SMILES string of the molecule is CCOc1ccc(C(=O)c2ccccc2C(=O)N2CCN(S(=O)(=O)N3CCN(C)CC3)CC2)cc1OCC. The van der Waals surface area contributed by atoms with Gasteiger partial charge in [0.2, 0.25) is 0 Å². The van der Waals surface area contributed by atoms with Gasteiger partial charge in [0, 0.05) is 63.5 Å². The molecule has 0 radical (unpaired) electrons. The van der Waals surface area contributed by atoms with Gasteiger partial charge in [0.15, 0.2) is 17.3 Å². The normalized spacial score (nSPS) is 17.8. The van der Waals surface area contributed by atoms with Gasteiger partial charge in [-0.15, -0.1) is 0 Å². The van der Waals surface area contributed by atoms with Crippen LogP contribution in [-0.2, 0) is 10.2 Å². The van der Waals surface area contributed by atoms with Crippen molar-refractivity contribution in [2.75, 3.05) is 72.6 Å². The van der Waals surface area contributed by atoms with Gasteiger partial charge in [-0.05, 0) is 45.2 Å². The molecule has 2 aromatic rings. The van der Waals surface area contributed by atoms with E-state index in [-0.39, 0.29) is 43.4 Å². The summed E-state index contributed by atoms with van der Waals surface area (Å²) in [7, 11) is -1.59. The molecule has 1 amide bonds. The van der Waals surface area contributed by atoms with Crippen LogP contribution in [0.25, 0.3) is 0 Å². The molecule has 0 spiro atoms. The number of rotatable bonds is 9. The van der Waals surface area contributed by atoms with Crippen molar-refractivity contribution in [3.8, 4) is 11.5 Å². The minimum atomic E-state index is -3.57. The summed E-state index contributed by atoms with van der Waals surface area (Å²) < 4.78 is 40.4. The molecule has 2 heterocycles. The van der Waals surface area contributed by atoms with Crippen LogP contribution in [0.3, 0.4) is 0 Å². The lowest BCUT2D eigenvalue weighted by Gasteiger charge is -2.39. The maximum Gasteiger partial charge on any atom is 0.282 e. The van der Waals surface area contributed by atoms with Gasteiger partial charge in [-0.1, -0.05) is 18.2 Å². The minimum absolute atomic E-state index is 0.215. The number of nitrogens with zero attached hydrogens (tertiary/aromatic N) is 4. The van der Waals surface area contributed by atoms with Gasteiger partial charge in [-0.3, -0.25) is 9.59 Å². The zero-order valence-corrected chi connectivity index (χ0v) is 23.1. The Kier molecular flexibility index (Phi) is 9.03. The summed E-state index contributed by atoms with van der Waals surface area (Å²) in [6.07, 6.45) is 0. The first-order valence-electron chi connectivity index (χ1n) is 13.0. The molecule has 0 N–H and O–H groups in total. The third kappa shape index (κ3) is 6.01. The number of amides is 1.